The first-order valence-electron chi connectivity index (χ1n) is 4.75. The van der Waals surface area contributed by atoms with Gasteiger partial charge in [0.15, 0.2) is 0 Å². The van der Waals surface area contributed by atoms with Gasteiger partial charge in [-0.25, -0.2) is 4.21 Å². The molecule has 1 fully saturated rings. The van der Waals surface area contributed by atoms with Gasteiger partial charge in [-0.15, -0.1) is 0 Å². The lowest BCUT2D eigenvalue weighted by molar-refractivity contribution is 0.147. The van der Waals surface area contributed by atoms with Crippen molar-refractivity contribution < 1.29 is 8.95 Å². The van der Waals surface area contributed by atoms with Crippen molar-refractivity contribution in [2.75, 3.05) is 13.2 Å². The van der Waals surface area contributed by atoms with Crippen molar-refractivity contribution in [1.82, 2.24) is 0 Å². The third-order valence-electron chi connectivity index (χ3n) is 1.91. The molecule has 1 atom stereocenters. The Balaban J connectivity index is 2.52. The minimum absolute atomic E-state index is 0.122. The molecule has 13 heavy (non-hydrogen) atoms. The molecule has 0 bridgehead atoms. The summed E-state index contributed by atoms with van der Waals surface area (Å²) in [6.45, 7) is 5.39. The summed E-state index contributed by atoms with van der Waals surface area (Å²) in [4.78, 5) is 0. The largest absolute Gasteiger partial charge is 0.381 e. The Morgan fingerprint density at radius 3 is 2.85 bits per heavy atom. The van der Waals surface area contributed by atoms with Crippen LogP contribution in [-0.2, 0) is 15.7 Å². The lowest BCUT2D eigenvalue weighted by Crippen LogP contribution is -2.07. The molecule has 0 aromatic carbocycles. The van der Waals surface area contributed by atoms with E-state index in [9.17, 15) is 4.21 Å². The van der Waals surface area contributed by atoms with E-state index in [1.54, 1.807) is 0 Å². The summed E-state index contributed by atoms with van der Waals surface area (Å²) in [7, 11) is -1.04. The molecule has 0 spiro atoms. The van der Waals surface area contributed by atoms with Crippen LogP contribution < -0.4 is 0 Å². The maximum absolute atomic E-state index is 11.4. The fourth-order valence-electron chi connectivity index (χ4n) is 1.12. The molecule has 0 aliphatic carbocycles. The highest BCUT2D eigenvalue weighted by Gasteiger charge is 2.09. The van der Waals surface area contributed by atoms with Crippen LogP contribution in [0.25, 0.3) is 0 Å². The van der Waals surface area contributed by atoms with Crippen LogP contribution in [0.4, 0.5) is 0 Å². The third kappa shape index (κ3) is 4.00. The van der Waals surface area contributed by atoms with Gasteiger partial charge in [-0.05, 0) is 26.7 Å². The van der Waals surface area contributed by atoms with Crippen LogP contribution in [0.3, 0.4) is 0 Å². The summed E-state index contributed by atoms with van der Waals surface area (Å²) in [5, 5.41) is 0.122. The summed E-state index contributed by atoms with van der Waals surface area (Å²) < 4.78 is 20.9. The Morgan fingerprint density at radius 2 is 2.15 bits per heavy atom. The van der Waals surface area contributed by atoms with E-state index in [1.807, 2.05) is 13.8 Å². The Kier molecular flexibility index (Phi) is 4.59. The number of hydrogen-bond acceptors (Lipinski definition) is 2. The van der Waals surface area contributed by atoms with Crippen LogP contribution in [0.2, 0.25) is 0 Å². The third-order valence-corrected chi connectivity index (χ3v) is 3.16. The van der Waals surface area contributed by atoms with E-state index < -0.39 is 11.0 Å². The van der Waals surface area contributed by atoms with E-state index in [0.717, 1.165) is 38.2 Å². The second-order valence-electron chi connectivity index (χ2n) is 3.45. The fraction of sp³-hybridized carbons (Fsp3) is 0.889. The molecule has 1 saturated heterocycles. The van der Waals surface area contributed by atoms with Gasteiger partial charge in [-0.2, -0.15) is 4.40 Å². The van der Waals surface area contributed by atoms with Crippen molar-refractivity contribution in [2.24, 2.45) is 4.40 Å². The van der Waals surface area contributed by atoms with E-state index in [-0.39, 0.29) is 5.25 Å². The molecule has 0 radical (unpaired) electrons. The Morgan fingerprint density at radius 1 is 1.38 bits per heavy atom. The van der Waals surface area contributed by atoms with Gasteiger partial charge in [0.05, 0.1) is 11.9 Å². The molecule has 0 amide bonds. The van der Waals surface area contributed by atoms with Crippen molar-refractivity contribution in [3.8, 4) is 0 Å². The first-order valence-corrected chi connectivity index (χ1v) is 5.92. The predicted octanol–water partition coefficient (Wildman–Crippen LogP) is 1.70. The van der Waals surface area contributed by atoms with Crippen LogP contribution in [-0.4, -0.2) is 28.4 Å². The first-order chi connectivity index (χ1) is 6.20. The zero-order chi connectivity index (χ0) is 9.68. The van der Waals surface area contributed by atoms with Crippen LogP contribution in [0.5, 0.6) is 0 Å². The van der Waals surface area contributed by atoms with Crippen molar-refractivity contribution in [3.63, 3.8) is 0 Å². The zero-order valence-corrected chi connectivity index (χ0v) is 9.10. The van der Waals surface area contributed by atoms with Crippen LogP contribution in [0, 0.1) is 0 Å². The van der Waals surface area contributed by atoms with Gasteiger partial charge in [-0.3, -0.25) is 0 Å². The summed E-state index contributed by atoms with van der Waals surface area (Å²) >= 11 is 0. The van der Waals surface area contributed by atoms with E-state index in [2.05, 4.69) is 4.40 Å². The molecule has 3 nitrogen and oxygen atoms in total. The van der Waals surface area contributed by atoms with Crippen LogP contribution >= 0.6 is 0 Å². The fourth-order valence-corrected chi connectivity index (χ4v) is 1.77. The van der Waals surface area contributed by atoms with E-state index in [0.29, 0.717) is 0 Å². The molecule has 4 heteroatoms. The molecular formula is C9H17NO2S. The van der Waals surface area contributed by atoms with Crippen LogP contribution in [0.1, 0.15) is 33.1 Å². The summed E-state index contributed by atoms with van der Waals surface area (Å²) in [5.41, 5.74) is 1.06. The molecule has 76 valence electrons. The number of ether oxygens (including phenoxy) is 1. The molecule has 0 aromatic rings. The summed E-state index contributed by atoms with van der Waals surface area (Å²) in [5.74, 6) is 0. The van der Waals surface area contributed by atoms with Crippen molar-refractivity contribution in [1.29, 1.82) is 0 Å². The molecule has 1 unspecified atom stereocenters. The van der Waals surface area contributed by atoms with Crippen molar-refractivity contribution >= 4 is 16.7 Å². The number of nitrogens with zero attached hydrogens (tertiary/aromatic N) is 1. The highest BCUT2D eigenvalue weighted by Crippen LogP contribution is 2.07. The summed E-state index contributed by atoms with van der Waals surface area (Å²) in [6, 6.07) is 0. The molecule has 1 heterocycles. The maximum atomic E-state index is 11.4. The maximum Gasteiger partial charge on any atom is 0.141 e. The Bertz CT molecular complexity index is 204. The average Bonchev–Trinajstić information content (AvgIpc) is 2.32. The minimum Gasteiger partial charge on any atom is -0.381 e. The van der Waals surface area contributed by atoms with E-state index >= 15 is 0 Å². The molecule has 0 aromatic heterocycles. The van der Waals surface area contributed by atoms with Gasteiger partial charge in [0.25, 0.3) is 0 Å². The molecule has 1 aliphatic heterocycles. The van der Waals surface area contributed by atoms with Gasteiger partial charge in [0, 0.05) is 18.7 Å². The quantitative estimate of drug-likeness (QED) is 0.685. The van der Waals surface area contributed by atoms with Crippen LogP contribution in [0.15, 0.2) is 4.40 Å². The Labute approximate surface area is 82.2 Å². The van der Waals surface area contributed by atoms with Crippen molar-refractivity contribution in [3.05, 3.63) is 0 Å². The highest BCUT2D eigenvalue weighted by atomic mass is 32.2. The standard InChI is InChI=1S/C9H17NO2S/c1-8(2)13(11)10-9-4-3-6-12-7-5-9/h8H,3-7H2,1-2H3/b10-9-. The van der Waals surface area contributed by atoms with Gasteiger partial charge in [0.1, 0.15) is 11.0 Å². The second kappa shape index (κ2) is 5.50. The predicted molar refractivity (Wildman–Crippen MR) is 55.4 cm³/mol. The molecule has 0 N–H and O–H groups in total. The first kappa shape index (κ1) is 10.9. The van der Waals surface area contributed by atoms with Gasteiger partial charge >= 0.3 is 0 Å². The van der Waals surface area contributed by atoms with Crippen molar-refractivity contribution in [2.45, 2.75) is 38.4 Å². The molecule has 0 saturated carbocycles. The minimum atomic E-state index is -1.04. The van der Waals surface area contributed by atoms with E-state index in [4.69, 9.17) is 4.74 Å². The molecule has 1 aliphatic rings. The molecule has 1 rings (SSSR count). The lowest BCUT2D eigenvalue weighted by Gasteiger charge is -2.02. The second-order valence-corrected chi connectivity index (χ2v) is 5.13. The van der Waals surface area contributed by atoms with E-state index in [1.165, 1.54) is 0 Å². The Hall–Kier alpha value is -0.220. The lowest BCUT2D eigenvalue weighted by atomic mass is 10.2. The zero-order valence-electron chi connectivity index (χ0n) is 8.28. The highest BCUT2D eigenvalue weighted by molar-refractivity contribution is 7.84. The monoisotopic (exact) mass is 203 g/mol. The normalized spacial score (nSPS) is 24.7. The van der Waals surface area contributed by atoms with Gasteiger partial charge in [0.2, 0.25) is 0 Å². The average molecular weight is 203 g/mol. The summed E-state index contributed by atoms with van der Waals surface area (Å²) in [6.07, 6.45) is 2.80. The van der Waals surface area contributed by atoms with Gasteiger partial charge < -0.3 is 4.74 Å². The smallest absolute Gasteiger partial charge is 0.141 e. The number of rotatable bonds is 2. The SMILES string of the molecule is CC(C)S(=O)/N=C1/CCCOCC1. The van der Waals surface area contributed by atoms with Gasteiger partial charge in [-0.1, -0.05) is 0 Å². The topological polar surface area (TPSA) is 38.7 Å². The number of hydrogen-bond donors (Lipinski definition) is 0. The molecular weight excluding hydrogens is 186 g/mol.